The highest BCUT2D eigenvalue weighted by Crippen LogP contribution is 2.15. The van der Waals surface area contributed by atoms with Crippen molar-refractivity contribution in [1.29, 1.82) is 0 Å². The molecule has 2 aromatic carbocycles. The van der Waals surface area contributed by atoms with Gasteiger partial charge in [0, 0.05) is 33.7 Å². The highest BCUT2D eigenvalue weighted by atomic mass is 35.5. The van der Waals surface area contributed by atoms with Crippen LogP contribution in [0.15, 0.2) is 65.1 Å². The summed E-state index contributed by atoms with van der Waals surface area (Å²) in [7, 11) is -1.18. The van der Waals surface area contributed by atoms with Crippen LogP contribution in [-0.2, 0) is 28.9 Å². The number of carbonyl (C=O) groups is 1. The van der Waals surface area contributed by atoms with Gasteiger partial charge in [-0.1, -0.05) is 41.9 Å². The highest BCUT2D eigenvalue weighted by molar-refractivity contribution is 7.83. The van der Waals surface area contributed by atoms with Gasteiger partial charge in [0.15, 0.2) is 5.76 Å². The van der Waals surface area contributed by atoms with Crippen molar-refractivity contribution >= 4 is 28.3 Å². The number of carbonyl (C=O) groups excluding carboxylic acids is 1. The molecule has 3 aromatic rings. The molecule has 0 aliphatic heterocycles. The van der Waals surface area contributed by atoms with Crippen LogP contribution in [0.1, 0.15) is 27.4 Å². The molecule has 0 unspecified atom stereocenters. The standard InChI is InChI=1S/C20H17ClFNO3S/c21-16-7-5-14(6-8-16)12-27(25)13-17-9-10-19(26-17)20(24)23-11-15-3-1-2-4-18(15)22/h1-10H,11-13H2,(H,23,24)/t27-/m0/s1. The van der Waals surface area contributed by atoms with Gasteiger partial charge in [-0.3, -0.25) is 9.00 Å². The van der Waals surface area contributed by atoms with Crippen LogP contribution in [0.3, 0.4) is 0 Å². The molecule has 1 N–H and O–H groups in total. The van der Waals surface area contributed by atoms with Gasteiger partial charge >= 0.3 is 0 Å². The van der Waals surface area contributed by atoms with Crippen molar-refractivity contribution in [1.82, 2.24) is 5.32 Å². The van der Waals surface area contributed by atoms with Crippen molar-refractivity contribution in [3.05, 3.63) is 94.2 Å². The predicted octanol–water partition coefficient (Wildman–Crippen LogP) is 4.45. The fraction of sp³-hybridized carbons (Fsp3) is 0.150. The first-order valence-electron chi connectivity index (χ1n) is 8.21. The molecule has 0 aliphatic rings. The molecule has 0 radical (unpaired) electrons. The molecule has 1 heterocycles. The van der Waals surface area contributed by atoms with Crippen LogP contribution in [-0.4, -0.2) is 10.1 Å². The molecule has 4 nitrogen and oxygen atoms in total. The zero-order valence-corrected chi connectivity index (χ0v) is 15.9. The van der Waals surface area contributed by atoms with E-state index in [2.05, 4.69) is 5.32 Å². The van der Waals surface area contributed by atoms with Gasteiger partial charge in [-0.05, 0) is 35.9 Å². The fourth-order valence-electron chi connectivity index (χ4n) is 2.46. The molecule has 1 aromatic heterocycles. The van der Waals surface area contributed by atoms with Gasteiger partial charge in [0.1, 0.15) is 11.6 Å². The van der Waals surface area contributed by atoms with E-state index in [1.165, 1.54) is 12.1 Å². The van der Waals surface area contributed by atoms with Crippen molar-refractivity contribution in [3.8, 4) is 0 Å². The van der Waals surface area contributed by atoms with Gasteiger partial charge in [0.2, 0.25) is 0 Å². The second kappa shape index (κ2) is 8.97. The number of benzene rings is 2. The molecular formula is C20H17ClFNO3S. The van der Waals surface area contributed by atoms with Crippen LogP contribution in [0, 0.1) is 5.82 Å². The summed E-state index contributed by atoms with van der Waals surface area (Å²) in [5.74, 6) is 0.294. The minimum atomic E-state index is -1.18. The third-order valence-electron chi connectivity index (χ3n) is 3.83. The molecular weight excluding hydrogens is 389 g/mol. The molecule has 0 aliphatic carbocycles. The number of rotatable bonds is 7. The average Bonchev–Trinajstić information content (AvgIpc) is 3.11. The molecule has 27 heavy (non-hydrogen) atoms. The number of hydrogen-bond acceptors (Lipinski definition) is 3. The summed E-state index contributed by atoms with van der Waals surface area (Å²) in [6.07, 6.45) is 0. The van der Waals surface area contributed by atoms with E-state index in [9.17, 15) is 13.4 Å². The van der Waals surface area contributed by atoms with Gasteiger partial charge in [0.05, 0.1) is 5.75 Å². The number of halogens is 2. The van der Waals surface area contributed by atoms with Crippen LogP contribution in [0.5, 0.6) is 0 Å². The number of amides is 1. The van der Waals surface area contributed by atoms with Crippen molar-refractivity contribution < 1.29 is 17.8 Å². The third-order valence-corrected chi connectivity index (χ3v) is 5.34. The molecule has 140 valence electrons. The molecule has 0 fully saturated rings. The van der Waals surface area contributed by atoms with Crippen molar-refractivity contribution in [3.63, 3.8) is 0 Å². The number of hydrogen-bond donors (Lipinski definition) is 1. The molecule has 0 saturated heterocycles. The summed E-state index contributed by atoms with van der Waals surface area (Å²) in [6.45, 7) is 0.0596. The Morgan fingerprint density at radius 2 is 1.78 bits per heavy atom. The summed E-state index contributed by atoms with van der Waals surface area (Å²) >= 11 is 5.83. The maximum Gasteiger partial charge on any atom is 0.287 e. The first-order valence-corrected chi connectivity index (χ1v) is 10.1. The zero-order valence-electron chi connectivity index (χ0n) is 14.3. The van der Waals surface area contributed by atoms with E-state index < -0.39 is 16.7 Å². The van der Waals surface area contributed by atoms with E-state index in [4.69, 9.17) is 16.0 Å². The fourth-order valence-corrected chi connectivity index (χ4v) is 3.72. The largest absolute Gasteiger partial charge is 0.455 e. The monoisotopic (exact) mass is 405 g/mol. The Morgan fingerprint density at radius 1 is 1.04 bits per heavy atom. The van der Waals surface area contributed by atoms with E-state index in [1.54, 1.807) is 36.4 Å². The van der Waals surface area contributed by atoms with E-state index >= 15 is 0 Å². The van der Waals surface area contributed by atoms with Crippen LogP contribution in [0.4, 0.5) is 4.39 Å². The first-order chi connectivity index (χ1) is 13.0. The summed E-state index contributed by atoms with van der Waals surface area (Å²) in [5, 5.41) is 3.23. The number of furan rings is 1. The average molecular weight is 406 g/mol. The lowest BCUT2D eigenvalue weighted by Gasteiger charge is -2.04. The predicted molar refractivity (Wildman–Crippen MR) is 103 cm³/mol. The Kier molecular flexibility index (Phi) is 6.42. The van der Waals surface area contributed by atoms with Gasteiger partial charge in [-0.25, -0.2) is 4.39 Å². The molecule has 3 rings (SSSR count). The molecule has 0 spiro atoms. The van der Waals surface area contributed by atoms with E-state index in [0.29, 0.717) is 22.1 Å². The topological polar surface area (TPSA) is 59.3 Å². The Bertz CT molecular complexity index is 956. The van der Waals surface area contributed by atoms with E-state index in [-0.39, 0.29) is 23.9 Å². The maximum atomic E-state index is 13.6. The Hall–Kier alpha value is -2.44. The quantitative estimate of drug-likeness (QED) is 0.631. The molecule has 0 bridgehead atoms. The van der Waals surface area contributed by atoms with Crippen molar-refractivity contribution in [2.45, 2.75) is 18.1 Å². The number of nitrogens with one attached hydrogen (secondary N) is 1. The van der Waals surface area contributed by atoms with Gasteiger partial charge in [0.25, 0.3) is 5.91 Å². The molecule has 0 saturated carbocycles. The Morgan fingerprint density at radius 3 is 2.52 bits per heavy atom. The Balaban J connectivity index is 1.54. The molecule has 1 atom stereocenters. The van der Waals surface area contributed by atoms with Crippen LogP contribution in [0.2, 0.25) is 5.02 Å². The van der Waals surface area contributed by atoms with Crippen LogP contribution in [0.25, 0.3) is 0 Å². The summed E-state index contributed by atoms with van der Waals surface area (Å²) in [5.41, 5.74) is 1.30. The summed E-state index contributed by atoms with van der Waals surface area (Å²) < 4.78 is 31.3. The molecule has 1 amide bonds. The van der Waals surface area contributed by atoms with E-state index in [1.807, 2.05) is 12.1 Å². The van der Waals surface area contributed by atoms with Gasteiger partial charge < -0.3 is 9.73 Å². The lowest BCUT2D eigenvalue weighted by molar-refractivity contribution is 0.0921. The smallest absolute Gasteiger partial charge is 0.287 e. The van der Waals surface area contributed by atoms with Crippen LogP contribution >= 0.6 is 11.6 Å². The minimum absolute atomic E-state index is 0.0596. The van der Waals surface area contributed by atoms with Crippen molar-refractivity contribution in [2.75, 3.05) is 0 Å². The van der Waals surface area contributed by atoms with Gasteiger partial charge in [-0.15, -0.1) is 0 Å². The third kappa shape index (κ3) is 5.52. The second-order valence-corrected chi connectivity index (χ2v) is 7.79. The normalized spacial score (nSPS) is 11.9. The Labute approximate surface area is 163 Å². The minimum Gasteiger partial charge on any atom is -0.455 e. The van der Waals surface area contributed by atoms with Crippen LogP contribution < -0.4 is 5.32 Å². The van der Waals surface area contributed by atoms with Crippen molar-refractivity contribution in [2.24, 2.45) is 0 Å². The van der Waals surface area contributed by atoms with Gasteiger partial charge in [-0.2, -0.15) is 0 Å². The SMILES string of the molecule is O=C(NCc1ccccc1F)c1ccc(C[S@@](=O)Cc2ccc(Cl)cc2)o1. The molecule has 7 heteroatoms. The second-order valence-electron chi connectivity index (χ2n) is 5.90. The zero-order chi connectivity index (χ0) is 19.2. The first kappa shape index (κ1) is 19.3. The lowest BCUT2D eigenvalue weighted by Crippen LogP contribution is -2.22. The van der Waals surface area contributed by atoms with E-state index in [0.717, 1.165) is 5.56 Å². The highest BCUT2D eigenvalue weighted by Gasteiger charge is 2.13. The summed E-state index contributed by atoms with van der Waals surface area (Å²) in [6, 6.07) is 16.5. The lowest BCUT2D eigenvalue weighted by atomic mass is 10.2. The summed E-state index contributed by atoms with van der Waals surface area (Å²) in [4.78, 5) is 12.1. The maximum absolute atomic E-state index is 13.6.